The van der Waals surface area contributed by atoms with E-state index in [1.165, 1.54) is 10.9 Å². The van der Waals surface area contributed by atoms with Gasteiger partial charge in [-0.1, -0.05) is 25.1 Å². The summed E-state index contributed by atoms with van der Waals surface area (Å²) in [5.74, 6) is -0.173. The summed E-state index contributed by atoms with van der Waals surface area (Å²) in [4.78, 5) is 1.34. The zero-order valence-electron chi connectivity index (χ0n) is 9.82. The minimum atomic E-state index is -0.173. The van der Waals surface area contributed by atoms with Crippen molar-refractivity contribution in [3.05, 3.63) is 58.0 Å². The van der Waals surface area contributed by atoms with Crippen molar-refractivity contribution in [3.63, 3.8) is 0 Å². The first-order valence-electron chi connectivity index (χ1n) is 5.81. The van der Waals surface area contributed by atoms with Crippen molar-refractivity contribution in [2.75, 3.05) is 0 Å². The quantitative estimate of drug-likeness (QED) is 0.840. The van der Waals surface area contributed by atoms with Crippen LogP contribution in [0.4, 0.5) is 4.39 Å². The predicted octanol–water partition coefficient (Wildman–Crippen LogP) is 4.13. The summed E-state index contributed by atoms with van der Waals surface area (Å²) in [7, 11) is 0. The van der Waals surface area contributed by atoms with Crippen LogP contribution in [0.25, 0.3) is 0 Å². The molecule has 0 aliphatic heterocycles. The Labute approximate surface area is 105 Å². The van der Waals surface area contributed by atoms with Gasteiger partial charge in [0, 0.05) is 17.5 Å². The lowest BCUT2D eigenvalue weighted by Gasteiger charge is -2.15. The van der Waals surface area contributed by atoms with E-state index >= 15 is 0 Å². The van der Waals surface area contributed by atoms with Gasteiger partial charge in [0.05, 0.1) is 0 Å². The number of halogens is 1. The van der Waals surface area contributed by atoms with E-state index in [1.807, 2.05) is 6.07 Å². The molecule has 2 aromatic rings. The van der Waals surface area contributed by atoms with E-state index in [9.17, 15) is 4.39 Å². The first-order valence-corrected chi connectivity index (χ1v) is 6.68. The van der Waals surface area contributed by atoms with Gasteiger partial charge >= 0.3 is 0 Å². The van der Waals surface area contributed by atoms with Crippen LogP contribution in [0.1, 0.15) is 29.8 Å². The number of hydrogen-bond acceptors (Lipinski definition) is 2. The molecule has 0 spiro atoms. The molecule has 0 saturated heterocycles. The summed E-state index contributed by atoms with van der Waals surface area (Å²) < 4.78 is 13.0. The van der Waals surface area contributed by atoms with Gasteiger partial charge in [-0.15, -0.1) is 11.3 Å². The maximum absolute atomic E-state index is 13.0. The highest BCUT2D eigenvalue weighted by atomic mass is 32.1. The molecule has 0 aliphatic carbocycles. The van der Waals surface area contributed by atoms with Crippen LogP contribution in [0.15, 0.2) is 41.8 Å². The molecule has 90 valence electrons. The summed E-state index contributed by atoms with van der Waals surface area (Å²) in [6, 6.07) is 11.3. The van der Waals surface area contributed by atoms with Gasteiger partial charge in [0.2, 0.25) is 0 Å². The second kappa shape index (κ2) is 5.94. The first-order chi connectivity index (χ1) is 8.29. The third kappa shape index (κ3) is 3.38. The van der Waals surface area contributed by atoms with Crippen LogP contribution in [-0.2, 0) is 6.54 Å². The van der Waals surface area contributed by atoms with Gasteiger partial charge in [-0.25, -0.2) is 4.39 Å². The summed E-state index contributed by atoms with van der Waals surface area (Å²) in [5.41, 5.74) is 0.986. The number of benzene rings is 1. The molecule has 1 N–H and O–H groups in total. The van der Waals surface area contributed by atoms with Crippen molar-refractivity contribution >= 4 is 11.3 Å². The third-order valence-corrected chi connectivity index (χ3v) is 3.72. The van der Waals surface area contributed by atoms with Crippen molar-refractivity contribution in [2.24, 2.45) is 0 Å². The fourth-order valence-corrected chi connectivity index (χ4v) is 2.71. The lowest BCUT2D eigenvalue weighted by atomic mass is 10.1. The van der Waals surface area contributed by atoms with Crippen LogP contribution in [-0.4, -0.2) is 0 Å². The lowest BCUT2D eigenvalue weighted by Crippen LogP contribution is -2.19. The highest BCUT2D eigenvalue weighted by molar-refractivity contribution is 7.10. The molecule has 0 radical (unpaired) electrons. The highest BCUT2D eigenvalue weighted by Gasteiger charge is 2.09. The lowest BCUT2D eigenvalue weighted by molar-refractivity contribution is 0.524. The molecule has 1 aromatic carbocycles. The van der Waals surface area contributed by atoms with E-state index in [1.54, 1.807) is 23.5 Å². The van der Waals surface area contributed by atoms with Crippen molar-refractivity contribution < 1.29 is 4.39 Å². The molecular weight excluding hydrogens is 233 g/mol. The van der Waals surface area contributed by atoms with Gasteiger partial charge in [-0.05, 0) is 35.6 Å². The molecule has 3 heteroatoms. The summed E-state index contributed by atoms with van der Waals surface area (Å²) in [6.45, 7) is 2.86. The maximum atomic E-state index is 13.0. The van der Waals surface area contributed by atoms with Gasteiger partial charge < -0.3 is 5.32 Å². The first kappa shape index (κ1) is 12.3. The van der Waals surface area contributed by atoms with Crippen molar-refractivity contribution in [2.45, 2.75) is 25.9 Å². The molecule has 0 aliphatic rings. The van der Waals surface area contributed by atoms with Gasteiger partial charge in [0.25, 0.3) is 0 Å². The average molecular weight is 249 g/mol. The Morgan fingerprint density at radius 2 is 2.18 bits per heavy atom. The molecule has 0 fully saturated rings. The van der Waals surface area contributed by atoms with Crippen LogP contribution in [0.5, 0.6) is 0 Å². The molecule has 1 aromatic heterocycles. The van der Waals surface area contributed by atoms with E-state index in [-0.39, 0.29) is 5.82 Å². The molecule has 17 heavy (non-hydrogen) atoms. The smallest absolute Gasteiger partial charge is 0.123 e. The molecule has 1 heterocycles. The predicted molar refractivity (Wildman–Crippen MR) is 70.6 cm³/mol. The van der Waals surface area contributed by atoms with Crippen LogP contribution in [0, 0.1) is 5.82 Å². The summed E-state index contributed by atoms with van der Waals surface area (Å²) in [5, 5.41) is 5.54. The third-order valence-electron chi connectivity index (χ3n) is 2.74. The number of thiophene rings is 1. The zero-order chi connectivity index (χ0) is 12.1. The normalized spacial score (nSPS) is 12.6. The van der Waals surface area contributed by atoms with Crippen molar-refractivity contribution in [3.8, 4) is 0 Å². The second-order valence-corrected chi connectivity index (χ2v) is 4.97. The SMILES string of the molecule is CCC(NCc1cccc(F)c1)c1cccs1. The maximum Gasteiger partial charge on any atom is 0.123 e. The Morgan fingerprint density at radius 3 is 2.82 bits per heavy atom. The van der Waals surface area contributed by atoms with Gasteiger partial charge in [0.15, 0.2) is 0 Å². The number of nitrogens with one attached hydrogen (secondary N) is 1. The highest BCUT2D eigenvalue weighted by Crippen LogP contribution is 2.22. The molecule has 1 nitrogen and oxygen atoms in total. The molecule has 1 unspecified atom stereocenters. The van der Waals surface area contributed by atoms with E-state index < -0.39 is 0 Å². The summed E-state index contributed by atoms with van der Waals surface area (Å²) in [6.07, 6.45) is 1.04. The topological polar surface area (TPSA) is 12.0 Å². The Kier molecular flexibility index (Phi) is 4.29. The summed E-state index contributed by atoms with van der Waals surface area (Å²) >= 11 is 1.76. The Balaban J connectivity index is 1.97. The number of rotatable bonds is 5. The molecule has 2 rings (SSSR count). The average Bonchev–Trinajstić information content (AvgIpc) is 2.84. The fourth-order valence-electron chi connectivity index (χ4n) is 1.82. The van der Waals surface area contributed by atoms with E-state index in [4.69, 9.17) is 0 Å². The van der Waals surface area contributed by atoms with Crippen LogP contribution in [0.3, 0.4) is 0 Å². The zero-order valence-corrected chi connectivity index (χ0v) is 10.6. The van der Waals surface area contributed by atoms with Crippen LogP contribution >= 0.6 is 11.3 Å². The largest absolute Gasteiger partial charge is 0.305 e. The minimum Gasteiger partial charge on any atom is -0.305 e. The molecule has 0 amide bonds. The standard InChI is InChI=1S/C14H16FNS/c1-2-13(14-7-4-8-17-14)16-10-11-5-3-6-12(15)9-11/h3-9,13,16H,2,10H2,1H3. The number of hydrogen-bond donors (Lipinski definition) is 1. The Morgan fingerprint density at radius 1 is 1.29 bits per heavy atom. The monoisotopic (exact) mass is 249 g/mol. The molecule has 0 bridgehead atoms. The van der Waals surface area contributed by atoms with Crippen LogP contribution < -0.4 is 5.32 Å². The fraction of sp³-hybridized carbons (Fsp3) is 0.286. The van der Waals surface area contributed by atoms with Crippen molar-refractivity contribution in [1.29, 1.82) is 0 Å². The van der Waals surface area contributed by atoms with Crippen molar-refractivity contribution in [1.82, 2.24) is 5.32 Å². The van der Waals surface area contributed by atoms with Gasteiger partial charge in [0.1, 0.15) is 5.82 Å². The minimum absolute atomic E-state index is 0.173. The van der Waals surface area contributed by atoms with Gasteiger partial charge in [-0.2, -0.15) is 0 Å². The van der Waals surface area contributed by atoms with E-state index in [0.717, 1.165) is 12.0 Å². The second-order valence-electron chi connectivity index (χ2n) is 3.99. The van der Waals surface area contributed by atoms with E-state index in [2.05, 4.69) is 29.8 Å². The Bertz CT molecular complexity index is 453. The molecule has 0 saturated carbocycles. The Hall–Kier alpha value is -1.19. The molecular formula is C14H16FNS. The molecule has 1 atom stereocenters. The van der Waals surface area contributed by atoms with Crippen LogP contribution in [0.2, 0.25) is 0 Å². The van der Waals surface area contributed by atoms with Gasteiger partial charge in [-0.3, -0.25) is 0 Å². The van der Waals surface area contributed by atoms with E-state index in [0.29, 0.717) is 12.6 Å².